The molecule has 33 heavy (non-hydrogen) atoms. The first-order valence-electron chi connectivity index (χ1n) is 10.2. The summed E-state index contributed by atoms with van der Waals surface area (Å²) in [7, 11) is 0. The number of rotatable bonds is 6. The zero-order chi connectivity index (χ0) is 23.5. The number of nitro groups is 1. The SMILES string of the molecule is Cc1cccc(N2C(=O)C(O)=C(C(=O)/C=C/c3ccccc3)[C@H]2c2ccccc2[N+](=O)[O-])c1. The van der Waals surface area contributed by atoms with Crippen LogP contribution in [-0.2, 0) is 9.59 Å². The molecule has 7 heteroatoms. The van der Waals surface area contributed by atoms with Crippen LogP contribution in [0.5, 0.6) is 0 Å². The van der Waals surface area contributed by atoms with Gasteiger partial charge in [-0.1, -0.05) is 60.7 Å². The number of nitro benzene ring substituents is 1. The summed E-state index contributed by atoms with van der Waals surface area (Å²) < 4.78 is 0. The van der Waals surface area contributed by atoms with Crippen molar-refractivity contribution in [3.05, 3.63) is 123 Å². The van der Waals surface area contributed by atoms with Crippen molar-refractivity contribution in [3.63, 3.8) is 0 Å². The fourth-order valence-corrected chi connectivity index (χ4v) is 3.91. The first kappa shape index (κ1) is 21.7. The number of anilines is 1. The van der Waals surface area contributed by atoms with Gasteiger partial charge in [-0.25, -0.2) is 0 Å². The lowest BCUT2D eigenvalue weighted by Crippen LogP contribution is -2.31. The van der Waals surface area contributed by atoms with Crippen molar-refractivity contribution in [1.82, 2.24) is 0 Å². The van der Waals surface area contributed by atoms with E-state index in [9.17, 15) is 24.8 Å². The summed E-state index contributed by atoms with van der Waals surface area (Å²) in [5, 5.41) is 22.5. The van der Waals surface area contributed by atoms with E-state index in [0.29, 0.717) is 5.69 Å². The van der Waals surface area contributed by atoms with Crippen LogP contribution in [0.25, 0.3) is 6.08 Å². The zero-order valence-electron chi connectivity index (χ0n) is 17.7. The molecule has 164 valence electrons. The van der Waals surface area contributed by atoms with Gasteiger partial charge in [0.1, 0.15) is 6.04 Å². The highest BCUT2D eigenvalue weighted by Gasteiger charge is 2.46. The minimum absolute atomic E-state index is 0.137. The highest BCUT2D eigenvalue weighted by molar-refractivity contribution is 6.20. The number of amides is 1. The van der Waals surface area contributed by atoms with Crippen molar-refractivity contribution < 1.29 is 19.6 Å². The van der Waals surface area contributed by atoms with Crippen molar-refractivity contribution in [2.24, 2.45) is 0 Å². The minimum atomic E-state index is -1.16. The first-order valence-corrected chi connectivity index (χ1v) is 10.2. The van der Waals surface area contributed by atoms with Crippen LogP contribution >= 0.6 is 0 Å². The second kappa shape index (κ2) is 8.92. The summed E-state index contributed by atoms with van der Waals surface area (Å²) in [6, 6.07) is 20.8. The molecule has 7 nitrogen and oxygen atoms in total. The highest BCUT2D eigenvalue weighted by Crippen LogP contribution is 2.44. The quantitative estimate of drug-likeness (QED) is 0.327. The van der Waals surface area contributed by atoms with Crippen molar-refractivity contribution in [2.75, 3.05) is 4.90 Å². The van der Waals surface area contributed by atoms with E-state index in [0.717, 1.165) is 11.1 Å². The van der Waals surface area contributed by atoms with E-state index in [1.807, 2.05) is 31.2 Å². The lowest BCUT2D eigenvalue weighted by Gasteiger charge is -2.26. The van der Waals surface area contributed by atoms with E-state index >= 15 is 0 Å². The third-order valence-electron chi connectivity index (χ3n) is 5.41. The smallest absolute Gasteiger partial charge is 0.294 e. The molecular formula is C26H20N2O5. The fraction of sp³-hybridized carbons (Fsp3) is 0.0769. The van der Waals surface area contributed by atoms with Gasteiger partial charge >= 0.3 is 0 Å². The number of carbonyl (C=O) groups is 2. The molecule has 3 aromatic carbocycles. The molecule has 1 aliphatic heterocycles. The molecule has 1 heterocycles. The summed E-state index contributed by atoms with van der Waals surface area (Å²) >= 11 is 0. The number of ketones is 1. The Labute approximate surface area is 190 Å². The first-order chi connectivity index (χ1) is 15.9. The number of para-hydroxylation sites is 1. The van der Waals surface area contributed by atoms with Gasteiger partial charge in [-0.05, 0) is 42.3 Å². The third-order valence-corrected chi connectivity index (χ3v) is 5.41. The van der Waals surface area contributed by atoms with Gasteiger partial charge in [0.2, 0.25) is 0 Å². The Bertz CT molecular complexity index is 1310. The Balaban J connectivity index is 1.87. The van der Waals surface area contributed by atoms with Crippen LogP contribution in [0.3, 0.4) is 0 Å². The van der Waals surface area contributed by atoms with Crippen LogP contribution in [0.2, 0.25) is 0 Å². The van der Waals surface area contributed by atoms with Gasteiger partial charge in [-0.3, -0.25) is 24.6 Å². The van der Waals surface area contributed by atoms with E-state index in [2.05, 4.69) is 0 Å². The number of aryl methyl sites for hydroxylation is 1. The summed E-state index contributed by atoms with van der Waals surface area (Å²) in [4.78, 5) is 38.8. The van der Waals surface area contributed by atoms with E-state index in [1.54, 1.807) is 42.5 Å². The number of hydrogen-bond donors (Lipinski definition) is 1. The normalized spacial score (nSPS) is 16.0. The molecule has 0 fully saturated rings. The number of benzene rings is 3. The molecule has 0 spiro atoms. The van der Waals surface area contributed by atoms with E-state index in [4.69, 9.17) is 0 Å². The molecular weight excluding hydrogens is 420 g/mol. The van der Waals surface area contributed by atoms with Gasteiger partial charge in [0.05, 0.1) is 16.1 Å². The minimum Gasteiger partial charge on any atom is -0.503 e. The Morgan fingerprint density at radius 3 is 2.42 bits per heavy atom. The monoisotopic (exact) mass is 440 g/mol. The number of allylic oxidation sites excluding steroid dienone is 1. The Hall–Kier alpha value is -4.52. The number of aliphatic hydroxyl groups excluding tert-OH is 1. The number of carbonyl (C=O) groups excluding carboxylic acids is 2. The van der Waals surface area contributed by atoms with Crippen LogP contribution in [0, 0.1) is 17.0 Å². The van der Waals surface area contributed by atoms with Gasteiger partial charge in [-0.15, -0.1) is 0 Å². The molecule has 4 rings (SSSR count). The molecule has 1 atom stereocenters. The van der Waals surface area contributed by atoms with Gasteiger partial charge < -0.3 is 5.11 Å². The third kappa shape index (κ3) is 4.16. The predicted octanol–water partition coefficient (Wildman–Crippen LogP) is 5.09. The Morgan fingerprint density at radius 2 is 1.73 bits per heavy atom. The number of hydrogen-bond acceptors (Lipinski definition) is 5. The molecule has 3 aromatic rings. The largest absolute Gasteiger partial charge is 0.503 e. The van der Waals surface area contributed by atoms with Crippen LogP contribution in [-0.4, -0.2) is 21.7 Å². The summed E-state index contributed by atoms with van der Waals surface area (Å²) in [6.07, 6.45) is 2.83. The summed E-state index contributed by atoms with van der Waals surface area (Å²) in [5.74, 6) is -2.12. The van der Waals surface area contributed by atoms with Crippen molar-refractivity contribution in [1.29, 1.82) is 0 Å². The molecule has 1 amide bonds. The molecule has 0 radical (unpaired) electrons. The van der Waals surface area contributed by atoms with Crippen LogP contribution in [0.15, 0.2) is 96.3 Å². The average Bonchev–Trinajstić information content (AvgIpc) is 3.08. The molecule has 0 saturated carbocycles. The maximum Gasteiger partial charge on any atom is 0.294 e. The predicted molar refractivity (Wildman–Crippen MR) is 125 cm³/mol. The summed E-state index contributed by atoms with van der Waals surface area (Å²) in [6.45, 7) is 1.84. The maximum atomic E-state index is 13.2. The van der Waals surface area contributed by atoms with Gasteiger partial charge in [0, 0.05) is 11.8 Å². The van der Waals surface area contributed by atoms with Crippen LogP contribution in [0.4, 0.5) is 11.4 Å². The molecule has 1 aliphatic rings. The van der Waals surface area contributed by atoms with E-state index < -0.39 is 28.4 Å². The fourth-order valence-electron chi connectivity index (χ4n) is 3.91. The number of aliphatic hydroxyl groups is 1. The standard InChI is InChI=1S/C26H20N2O5/c1-17-8-7-11-19(16-17)27-24(20-12-5-6-13-21(20)28(32)33)23(25(30)26(27)31)22(29)15-14-18-9-3-2-4-10-18/h2-16,24,30H,1H3/b15-14+/t24-/m1/s1. The second-order valence-electron chi connectivity index (χ2n) is 7.60. The average molecular weight is 440 g/mol. The maximum absolute atomic E-state index is 13.2. The van der Waals surface area contributed by atoms with E-state index in [-0.39, 0.29) is 16.8 Å². The van der Waals surface area contributed by atoms with Crippen LogP contribution < -0.4 is 4.90 Å². The summed E-state index contributed by atoms with van der Waals surface area (Å²) in [5.41, 5.74) is 1.71. The topological polar surface area (TPSA) is 101 Å². The molecule has 1 N–H and O–H groups in total. The zero-order valence-corrected chi connectivity index (χ0v) is 17.7. The lowest BCUT2D eigenvalue weighted by atomic mass is 9.94. The van der Waals surface area contributed by atoms with Crippen molar-refractivity contribution >= 4 is 29.1 Å². The highest BCUT2D eigenvalue weighted by atomic mass is 16.6. The Kier molecular flexibility index (Phi) is 5.87. The molecule has 0 bridgehead atoms. The van der Waals surface area contributed by atoms with Crippen molar-refractivity contribution in [3.8, 4) is 0 Å². The number of nitrogens with zero attached hydrogens (tertiary/aromatic N) is 2. The lowest BCUT2D eigenvalue weighted by molar-refractivity contribution is -0.385. The molecule has 0 aromatic heterocycles. The molecule has 0 aliphatic carbocycles. The second-order valence-corrected chi connectivity index (χ2v) is 7.60. The van der Waals surface area contributed by atoms with Crippen LogP contribution in [0.1, 0.15) is 22.7 Å². The van der Waals surface area contributed by atoms with Gasteiger partial charge in [0.25, 0.3) is 11.6 Å². The van der Waals surface area contributed by atoms with Gasteiger partial charge in [0.15, 0.2) is 11.5 Å². The van der Waals surface area contributed by atoms with Crippen molar-refractivity contribution in [2.45, 2.75) is 13.0 Å². The van der Waals surface area contributed by atoms with Gasteiger partial charge in [-0.2, -0.15) is 0 Å². The molecule has 0 saturated heterocycles. The van der Waals surface area contributed by atoms with E-state index in [1.165, 1.54) is 29.2 Å². The molecule has 0 unspecified atom stereocenters. The Morgan fingerprint density at radius 1 is 1.03 bits per heavy atom.